The van der Waals surface area contributed by atoms with Crippen LogP contribution in [0.25, 0.3) is 0 Å². The van der Waals surface area contributed by atoms with Gasteiger partial charge in [-0.2, -0.15) is 5.10 Å². The number of rotatable bonds is 4. The average Bonchev–Trinajstić information content (AvgIpc) is 2.67. The van der Waals surface area contributed by atoms with Crippen molar-refractivity contribution in [3.63, 3.8) is 0 Å². The molecule has 0 unspecified atom stereocenters. The summed E-state index contributed by atoms with van der Waals surface area (Å²) in [6, 6.07) is 8.04. The van der Waals surface area contributed by atoms with Crippen LogP contribution in [0, 0.1) is 20.8 Å². The predicted molar refractivity (Wildman–Crippen MR) is 82.9 cm³/mol. The summed E-state index contributed by atoms with van der Waals surface area (Å²) in [4.78, 5) is 0.307. The molecule has 0 spiro atoms. The molecule has 5 nitrogen and oxygen atoms in total. The molecule has 0 atom stereocenters. The molecule has 0 aliphatic heterocycles. The van der Waals surface area contributed by atoms with Crippen molar-refractivity contribution in [3.05, 3.63) is 46.8 Å². The summed E-state index contributed by atoms with van der Waals surface area (Å²) in [5.41, 5.74) is 3.51. The van der Waals surface area contributed by atoms with Gasteiger partial charge in [0.15, 0.2) is 0 Å². The van der Waals surface area contributed by atoms with E-state index in [1.165, 1.54) is 24.0 Å². The molecule has 0 bridgehead atoms. The Morgan fingerprint density at radius 2 is 1.76 bits per heavy atom. The maximum atomic E-state index is 12.4. The lowest BCUT2D eigenvalue weighted by atomic mass is 10.1. The Hall–Kier alpha value is -1.66. The maximum absolute atomic E-state index is 12.4. The van der Waals surface area contributed by atoms with Crippen molar-refractivity contribution < 1.29 is 8.42 Å². The van der Waals surface area contributed by atoms with E-state index in [1.54, 1.807) is 18.5 Å². The van der Waals surface area contributed by atoms with Gasteiger partial charge >= 0.3 is 0 Å². The number of aryl methyl sites for hydroxylation is 2. The lowest BCUT2D eigenvalue weighted by molar-refractivity contribution is 0.519. The first-order chi connectivity index (χ1) is 9.75. The normalized spacial score (nSPS) is 12.1. The highest BCUT2D eigenvalue weighted by Crippen LogP contribution is 2.23. The maximum Gasteiger partial charge on any atom is 0.246 e. The number of aromatic nitrogens is 2. The molecule has 2 rings (SSSR count). The summed E-state index contributed by atoms with van der Waals surface area (Å²) >= 11 is 0. The zero-order chi connectivity index (χ0) is 15.8. The Morgan fingerprint density at radius 3 is 2.33 bits per heavy atom. The highest BCUT2D eigenvalue weighted by molar-refractivity contribution is 7.89. The van der Waals surface area contributed by atoms with Gasteiger partial charge in [-0.3, -0.25) is 4.68 Å². The summed E-state index contributed by atoms with van der Waals surface area (Å²) in [5, 5.41) is 4.41. The molecule has 0 aliphatic rings. The van der Waals surface area contributed by atoms with Crippen molar-refractivity contribution in [2.24, 2.45) is 0 Å². The van der Waals surface area contributed by atoms with Crippen molar-refractivity contribution >= 4 is 10.0 Å². The molecule has 0 fully saturated rings. The Balaban J connectivity index is 2.48. The van der Waals surface area contributed by atoms with Gasteiger partial charge in [0, 0.05) is 14.1 Å². The molecule has 6 heteroatoms. The quantitative estimate of drug-likeness (QED) is 0.869. The second-order valence-electron chi connectivity index (χ2n) is 5.37. The fraction of sp³-hybridized carbons (Fsp3) is 0.400. The first kappa shape index (κ1) is 15.7. The number of sulfonamides is 1. The van der Waals surface area contributed by atoms with E-state index in [0.29, 0.717) is 22.8 Å². The molecule has 21 heavy (non-hydrogen) atoms. The van der Waals surface area contributed by atoms with Gasteiger partial charge in [0.2, 0.25) is 10.0 Å². The van der Waals surface area contributed by atoms with Crippen LogP contribution in [0.5, 0.6) is 0 Å². The Morgan fingerprint density at radius 1 is 1.14 bits per heavy atom. The molecule has 1 heterocycles. The third kappa shape index (κ3) is 2.87. The fourth-order valence-electron chi connectivity index (χ4n) is 2.34. The molecule has 0 saturated heterocycles. The third-order valence-electron chi connectivity index (χ3n) is 3.64. The molecule has 0 radical (unpaired) electrons. The number of benzene rings is 1. The molecule has 114 valence electrons. The van der Waals surface area contributed by atoms with Crippen LogP contribution in [0.15, 0.2) is 29.2 Å². The van der Waals surface area contributed by atoms with Crippen LogP contribution in [0.1, 0.15) is 22.5 Å². The van der Waals surface area contributed by atoms with Gasteiger partial charge in [-0.25, -0.2) is 12.7 Å². The van der Waals surface area contributed by atoms with Gasteiger partial charge in [0.1, 0.15) is 4.90 Å². The lowest BCUT2D eigenvalue weighted by Gasteiger charge is -2.12. The van der Waals surface area contributed by atoms with Crippen LogP contribution in [-0.4, -0.2) is 36.6 Å². The van der Waals surface area contributed by atoms with Gasteiger partial charge in [-0.15, -0.1) is 0 Å². The number of hydrogen-bond donors (Lipinski definition) is 0. The standard InChI is InChI=1S/C15H21N3O2S/c1-11-8-6-7-9-14(11)10-18-13(3)15(12(2)16-18)21(19,20)17(4)5/h6-9H,10H2,1-5H3. The molecule has 2 aromatic rings. The van der Waals surface area contributed by atoms with Crippen LogP contribution in [0.2, 0.25) is 0 Å². The van der Waals surface area contributed by atoms with Crippen molar-refractivity contribution in [1.82, 2.24) is 14.1 Å². The van der Waals surface area contributed by atoms with Gasteiger partial charge in [-0.1, -0.05) is 24.3 Å². The van der Waals surface area contributed by atoms with E-state index in [1.807, 2.05) is 31.2 Å². The van der Waals surface area contributed by atoms with Crippen LogP contribution in [0.3, 0.4) is 0 Å². The van der Waals surface area contributed by atoms with Crippen LogP contribution < -0.4 is 0 Å². The molecule has 0 aliphatic carbocycles. The van der Waals surface area contributed by atoms with E-state index < -0.39 is 10.0 Å². The molecular weight excluding hydrogens is 286 g/mol. The summed E-state index contributed by atoms with van der Waals surface area (Å²) in [6.07, 6.45) is 0. The lowest BCUT2D eigenvalue weighted by Crippen LogP contribution is -2.23. The second kappa shape index (κ2) is 5.61. The zero-order valence-electron chi connectivity index (χ0n) is 13.1. The monoisotopic (exact) mass is 307 g/mol. The van der Waals surface area contributed by atoms with Crippen molar-refractivity contribution in [3.8, 4) is 0 Å². The van der Waals surface area contributed by atoms with E-state index in [-0.39, 0.29) is 0 Å². The molecule has 0 saturated carbocycles. The topological polar surface area (TPSA) is 55.2 Å². The third-order valence-corrected chi connectivity index (χ3v) is 5.70. The van der Waals surface area contributed by atoms with Gasteiger partial charge in [0.25, 0.3) is 0 Å². The van der Waals surface area contributed by atoms with E-state index in [0.717, 1.165) is 5.56 Å². The first-order valence-corrected chi connectivity index (χ1v) is 8.20. The average molecular weight is 307 g/mol. The van der Waals surface area contributed by atoms with Crippen molar-refractivity contribution in [2.45, 2.75) is 32.2 Å². The summed E-state index contributed by atoms with van der Waals surface area (Å²) in [5.74, 6) is 0. The number of nitrogens with zero attached hydrogens (tertiary/aromatic N) is 3. The van der Waals surface area contributed by atoms with Crippen molar-refractivity contribution in [1.29, 1.82) is 0 Å². The van der Waals surface area contributed by atoms with E-state index >= 15 is 0 Å². The van der Waals surface area contributed by atoms with E-state index in [4.69, 9.17) is 0 Å². The van der Waals surface area contributed by atoms with Crippen molar-refractivity contribution in [2.75, 3.05) is 14.1 Å². The molecule has 1 aromatic carbocycles. The smallest absolute Gasteiger partial charge is 0.246 e. The van der Waals surface area contributed by atoms with Gasteiger partial charge < -0.3 is 0 Å². The van der Waals surface area contributed by atoms with Gasteiger partial charge in [-0.05, 0) is 31.9 Å². The highest BCUT2D eigenvalue weighted by atomic mass is 32.2. The Kier molecular flexibility index (Phi) is 4.20. The van der Waals surface area contributed by atoms with Crippen LogP contribution in [0.4, 0.5) is 0 Å². The number of hydrogen-bond acceptors (Lipinski definition) is 3. The highest BCUT2D eigenvalue weighted by Gasteiger charge is 2.26. The minimum Gasteiger partial charge on any atom is -0.264 e. The second-order valence-corrected chi connectivity index (χ2v) is 7.46. The Bertz CT molecular complexity index is 761. The zero-order valence-corrected chi connectivity index (χ0v) is 13.9. The minimum atomic E-state index is -3.47. The summed E-state index contributed by atoms with van der Waals surface area (Å²) < 4.78 is 27.7. The van der Waals surface area contributed by atoms with Crippen LogP contribution in [-0.2, 0) is 16.6 Å². The predicted octanol–water partition coefficient (Wildman–Crippen LogP) is 2.11. The van der Waals surface area contributed by atoms with Crippen LogP contribution >= 0.6 is 0 Å². The molecule has 0 N–H and O–H groups in total. The first-order valence-electron chi connectivity index (χ1n) is 6.76. The largest absolute Gasteiger partial charge is 0.264 e. The molecular formula is C15H21N3O2S. The van der Waals surface area contributed by atoms with E-state index in [2.05, 4.69) is 5.10 Å². The summed E-state index contributed by atoms with van der Waals surface area (Å²) in [7, 11) is -0.401. The SMILES string of the molecule is Cc1ccccc1Cn1nc(C)c(S(=O)(=O)N(C)C)c1C. The summed E-state index contributed by atoms with van der Waals surface area (Å²) in [6.45, 7) is 6.15. The molecule has 0 amide bonds. The Labute approximate surface area is 126 Å². The minimum absolute atomic E-state index is 0.307. The van der Waals surface area contributed by atoms with Gasteiger partial charge in [0.05, 0.1) is 17.9 Å². The van der Waals surface area contributed by atoms with E-state index in [9.17, 15) is 8.42 Å². The fourth-order valence-corrected chi connectivity index (χ4v) is 3.60. The molecule has 1 aromatic heterocycles.